The van der Waals surface area contributed by atoms with Crippen molar-refractivity contribution < 1.29 is 0 Å². The predicted molar refractivity (Wildman–Crippen MR) is 72.5 cm³/mol. The van der Waals surface area contributed by atoms with Crippen LogP contribution in [0.3, 0.4) is 0 Å². The Hall–Kier alpha value is -0.360. The second-order valence-corrected chi connectivity index (χ2v) is 6.14. The van der Waals surface area contributed by atoms with Gasteiger partial charge in [-0.05, 0) is 34.1 Å². The van der Waals surface area contributed by atoms with E-state index in [2.05, 4.69) is 20.9 Å². The zero-order chi connectivity index (χ0) is 10.8. The lowest BCUT2D eigenvalue weighted by Crippen LogP contribution is -1.80. The molecule has 2 aromatic heterocycles. The summed E-state index contributed by atoms with van der Waals surface area (Å²) in [7, 11) is 0. The average molecular weight is 322 g/mol. The van der Waals surface area contributed by atoms with Crippen LogP contribution in [0.5, 0.6) is 0 Å². The fourth-order valence-corrected chi connectivity index (χ4v) is 3.16. The molecule has 0 atom stereocenters. The number of nitrogens with zero attached hydrogens (tertiary/aromatic N) is 1. The number of hydrogen-bond donors (Lipinski definition) is 1. The molecule has 0 aliphatic heterocycles. The Morgan fingerprint density at radius 1 is 1.47 bits per heavy atom. The van der Waals surface area contributed by atoms with Gasteiger partial charge in [-0.25, -0.2) is 4.98 Å². The summed E-state index contributed by atoms with van der Waals surface area (Å²) >= 11 is 12.2. The molecule has 0 radical (unpaired) electrons. The van der Waals surface area contributed by atoms with Gasteiger partial charge in [0.1, 0.15) is 4.34 Å². The quantitative estimate of drug-likeness (QED) is 0.892. The highest BCUT2D eigenvalue weighted by molar-refractivity contribution is 9.10. The van der Waals surface area contributed by atoms with E-state index in [1.807, 2.05) is 23.6 Å². The number of nitrogens with two attached hydrogens (primary N) is 1. The molecule has 15 heavy (non-hydrogen) atoms. The maximum atomic E-state index is 5.92. The van der Waals surface area contributed by atoms with Crippen molar-refractivity contribution >= 4 is 67.5 Å². The van der Waals surface area contributed by atoms with E-state index in [1.165, 1.54) is 22.7 Å². The zero-order valence-electron chi connectivity index (χ0n) is 7.41. The zero-order valence-corrected chi connectivity index (χ0v) is 11.4. The standard InChI is InChI=1S/C9H6BrClN2S2/c10-7-3-6(15-8(7)11)2-1-5-4-14-9(12)13-5/h1-4H,(H2,12,13)/b2-1+. The summed E-state index contributed by atoms with van der Waals surface area (Å²) in [5.41, 5.74) is 6.40. The van der Waals surface area contributed by atoms with E-state index in [9.17, 15) is 0 Å². The van der Waals surface area contributed by atoms with Crippen LogP contribution in [0.1, 0.15) is 10.6 Å². The molecule has 0 amide bonds. The summed E-state index contributed by atoms with van der Waals surface area (Å²) in [5.74, 6) is 0. The van der Waals surface area contributed by atoms with Crippen molar-refractivity contribution in [3.63, 3.8) is 0 Å². The molecular weight excluding hydrogens is 316 g/mol. The highest BCUT2D eigenvalue weighted by Crippen LogP contribution is 2.32. The Morgan fingerprint density at radius 3 is 2.80 bits per heavy atom. The molecule has 2 nitrogen and oxygen atoms in total. The van der Waals surface area contributed by atoms with Crippen molar-refractivity contribution in [1.82, 2.24) is 4.98 Å². The number of thiophene rings is 1. The summed E-state index contributed by atoms with van der Waals surface area (Å²) in [6.07, 6.45) is 3.89. The molecule has 0 saturated heterocycles. The first kappa shape index (κ1) is 11.1. The fraction of sp³-hybridized carbons (Fsp3) is 0. The van der Waals surface area contributed by atoms with Gasteiger partial charge < -0.3 is 5.73 Å². The molecule has 0 fully saturated rings. The van der Waals surface area contributed by atoms with E-state index < -0.39 is 0 Å². The molecule has 2 rings (SSSR count). The van der Waals surface area contributed by atoms with Crippen LogP contribution in [0.15, 0.2) is 15.9 Å². The van der Waals surface area contributed by atoms with Crippen LogP contribution in [-0.2, 0) is 0 Å². The minimum Gasteiger partial charge on any atom is -0.375 e. The minimum absolute atomic E-state index is 0.583. The van der Waals surface area contributed by atoms with Crippen LogP contribution < -0.4 is 5.73 Å². The Balaban J connectivity index is 2.18. The normalized spacial score (nSPS) is 11.3. The molecule has 0 aliphatic rings. The van der Waals surface area contributed by atoms with Gasteiger partial charge in [-0.3, -0.25) is 0 Å². The summed E-state index contributed by atoms with van der Waals surface area (Å²) in [5, 5.41) is 2.50. The number of nitrogen functional groups attached to an aromatic ring is 1. The Labute approximate surface area is 109 Å². The van der Waals surface area contributed by atoms with Crippen molar-refractivity contribution in [3.8, 4) is 0 Å². The first-order valence-electron chi connectivity index (χ1n) is 3.99. The third kappa shape index (κ3) is 2.81. The first-order chi connectivity index (χ1) is 7.15. The molecule has 2 N–H and O–H groups in total. The monoisotopic (exact) mass is 320 g/mol. The van der Waals surface area contributed by atoms with E-state index in [-0.39, 0.29) is 0 Å². The number of thiazole rings is 1. The fourth-order valence-electron chi connectivity index (χ4n) is 0.990. The second kappa shape index (κ2) is 4.65. The topological polar surface area (TPSA) is 38.9 Å². The highest BCUT2D eigenvalue weighted by Gasteiger charge is 2.01. The SMILES string of the molecule is Nc1nc(/C=C/c2cc(Br)c(Cl)s2)cs1. The summed E-state index contributed by atoms with van der Waals surface area (Å²) in [6, 6.07) is 1.97. The largest absolute Gasteiger partial charge is 0.375 e. The first-order valence-corrected chi connectivity index (χ1v) is 6.86. The lowest BCUT2D eigenvalue weighted by Gasteiger charge is -1.82. The van der Waals surface area contributed by atoms with Crippen molar-refractivity contribution in [3.05, 3.63) is 30.8 Å². The molecule has 78 valence electrons. The summed E-state index contributed by atoms with van der Waals surface area (Å²) in [6.45, 7) is 0. The molecule has 6 heteroatoms. The highest BCUT2D eigenvalue weighted by atomic mass is 79.9. The van der Waals surface area contributed by atoms with Crippen molar-refractivity contribution in [1.29, 1.82) is 0 Å². The Kier molecular flexibility index (Phi) is 3.45. The lowest BCUT2D eigenvalue weighted by atomic mass is 10.4. The minimum atomic E-state index is 0.583. The van der Waals surface area contributed by atoms with E-state index in [0.29, 0.717) is 5.13 Å². The molecule has 2 aromatic rings. The number of aromatic nitrogens is 1. The van der Waals surface area contributed by atoms with Gasteiger partial charge in [0.15, 0.2) is 5.13 Å². The van der Waals surface area contributed by atoms with E-state index >= 15 is 0 Å². The summed E-state index contributed by atoms with van der Waals surface area (Å²) in [4.78, 5) is 5.21. The molecule has 0 saturated carbocycles. The summed E-state index contributed by atoms with van der Waals surface area (Å²) < 4.78 is 1.68. The van der Waals surface area contributed by atoms with Crippen molar-refractivity contribution in [2.45, 2.75) is 0 Å². The van der Waals surface area contributed by atoms with Crippen LogP contribution in [0.4, 0.5) is 5.13 Å². The van der Waals surface area contributed by atoms with E-state index in [0.717, 1.165) is 19.4 Å². The van der Waals surface area contributed by atoms with Gasteiger partial charge in [0, 0.05) is 14.7 Å². The van der Waals surface area contributed by atoms with Gasteiger partial charge in [-0.15, -0.1) is 22.7 Å². The van der Waals surface area contributed by atoms with Gasteiger partial charge in [0.05, 0.1) is 5.69 Å². The van der Waals surface area contributed by atoms with Gasteiger partial charge in [0.25, 0.3) is 0 Å². The number of halogens is 2. The third-order valence-corrected chi connectivity index (χ3v) is 4.75. The van der Waals surface area contributed by atoms with Crippen LogP contribution in [0.25, 0.3) is 12.2 Å². The van der Waals surface area contributed by atoms with Crippen LogP contribution in [-0.4, -0.2) is 4.98 Å². The van der Waals surface area contributed by atoms with Gasteiger partial charge in [-0.1, -0.05) is 11.6 Å². The predicted octanol–water partition coefficient (Wildman–Crippen LogP) is 4.37. The Bertz CT molecular complexity index is 484. The van der Waals surface area contributed by atoms with Crippen LogP contribution >= 0.6 is 50.2 Å². The molecule has 0 bridgehead atoms. The molecule has 0 unspecified atom stereocenters. The smallest absolute Gasteiger partial charge is 0.180 e. The maximum Gasteiger partial charge on any atom is 0.180 e. The average Bonchev–Trinajstić information content (AvgIpc) is 2.72. The van der Waals surface area contributed by atoms with Crippen LogP contribution in [0, 0.1) is 0 Å². The second-order valence-electron chi connectivity index (χ2n) is 2.71. The number of hydrogen-bond acceptors (Lipinski definition) is 4. The molecule has 0 aliphatic carbocycles. The van der Waals surface area contributed by atoms with Gasteiger partial charge in [0.2, 0.25) is 0 Å². The Morgan fingerprint density at radius 2 is 2.27 bits per heavy atom. The lowest BCUT2D eigenvalue weighted by molar-refractivity contribution is 1.39. The maximum absolute atomic E-state index is 5.92. The van der Waals surface area contributed by atoms with Crippen LogP contribution in [0.2, 0.25) is 4.34 Å². The van der Waals surface area contributed by atoms with Gasteiger partial charge >= 0.3 is 0 Å². The molecule has 2 heterocycles. The van der Waals surface area contributed by atoms with E-state index in [1.54, 1.807) is 0 Å². The number of rotatable bonds is 2. The van der Waals surface area contributed by atoms with Crippen molar-refractivity contribution in [2.75, 3.05) is 5.73 Å². The molecule has 0 aromatic carbocycles. The van der Waals surface area contributed by atoms with E-state index in [4.69, 9.17) is 17.3 Å². The van der Waals surface area contributed by atoms with Crippen molar-refractivity contribution in [2.24, 2.45) is 0 Å². The molecule has 0 spiro atoms. The third-order valence-electron chi connectivity index (χ3n) is 1.62. The van der Waals surface area contributed by atoms with Gasteiger partial charge in [-0.2, -0.15) is 0 Å². The molecular formula is C9H6BrClN2S2. The number of anilines is 1.